The second-order valence-corrected chi connectivity index (χ2v) is 6.32. The summed E-state index contributed by atoms with van der Waals surface area (Å²) < 4.78 is 31.6. The van der Waals surface area contributed by atoms with Crippen LogP contribution in [0.5, 0.6) is 0 Å². The Hall–Kier alpha value is -1.11. The summed E-state index contributed by atoms with van der Waals surface area (Å²) in [5, 5.41) is 3.21. The van der Waals surface area contributed by atoms with Crippen molar-refractivity contribution >= 4 is 15.7 Å². The van der Waals surface area contributed by atoms with Gasteiger partial charge in [-0.25, -0.2) is 13.1 Å². The van der Waals surface area contributed by atoms with E-state index in [1.807, 2.05) is 0 Å². The highest BCUT2D eigenvalue weighted by Crippen LogP contribution is 2.13. The van der Waals surface area contributed by atoms with Gasteiger partial charge in [0.1, 0.15) is 0 Å². The normalized spacial score (nSPS) is 11.5. The second kappa shape index (κ2) is 8.94. The molecule has 1 aromatic rings. The fraction of sp³-hybridized carbons (Fsp3) is 0.571. The molecule has 0 aromatic heterocycles. The zero-order valence-corrected chi connectivity index (χ0v) is 13.0. The van der Waals surface area contributed by atoms with Crippen molar-refractivity contribution in [1.29, 1.82) is 0 Å². The summed E-state index contributed by atoms with van der Waals surface area (Å²) in [7, 11) is -1.77. The van der Waals surface area contributed by atoms with Crippen molar-refractivity contribution in [3.05, 3.63) is 24.3 Å². The molecule has 114 valence electrons. The smallest absolute Gasteiger partial charge is 0.240 e. The first-order valence-corrected chi connectivity index (χ1v) is 8.41. The Bertz CT molecular complexity index is 472. The maximum absolute atomic E-state index is 12.0. The van der Waals surface area contributed by atoms with Gasteiger partial charge in [-0.2, -0.15) is 0 Å². The zero-order valence-electron chi connectivity index (χ0n) is 12.2. The lowest BCUT2D eigenvalue weighted by Gasteiger charge is -2.08. The van der Waals surface area contributed by atoms with Gasteiger partial charge in [0.05, 0.1) is 4.90 Å². The molecule has 0 unspecified atom stereocenters. The topological polar surface area (TPSA) is 67.4 Å². The molecular formula is C14H24N2O3S. The summed E-state index contributed by atoms with van der Waals surface area (Å²) in [4.78, 5) is 0.297. The lowest BCUT2D eigenvalue weighted by atomic mass is 10.3. The van der Waals surface area contributed by atoms with Gasteiger partial charge in [0.25, 0.3) is 0 Å². The molecule has 5 nitrogen and oxygen atoms in total. The van der Waals surface area contributed by atoms with E-state index in [-0.39, 0.29) is 0 Å². The molecule has 0 heterocycles. The van der Waals surface area contributed by atoms with E-state index in [0.29, 0.717) is 18.0 Å². The summed E-state index contributed by atoms with van der Waals surface area (Å²) in [6.07, 6.45) is 2.64. The van der Waals surface area contributed by atoms with Gasteiger partial charge in [0, 0.05) is 32.5 Å². The van der Waals surface area contributed by atoms with Gasteiger partial charge >= 0.3 is 0 Å². The first kappa shape index (κ1) is 16.9. The minimum absolute atomic E-state index is 0.297. The minimum Gasteiger partial charge on any atom is -0.385 e. The molecule has 0 aliphatic heterocycles. The number of anilines is 1. The first-order valence-electron chi connectivity index (χ1n) is 6.92. The molecule has 0 spiro atoms. The Morgan fingerprint density at radius 2 is 1.80 bits per heavy atom. The number of rotatable bonds is 10. The fourth-order valence-corrected chi connectivity index (χ4v) is 2.76. The number of benzene rings is 1. The molecule has 1 aromatic carbocycles. The van der Waals surface area contributed by atoms with Crippen LogP contribution in [0.1, 0.15) is 26.2 Å². The molecule has 0 saturated heterocycles. The molecule has 0 aliphatic carbocycles. The van der Waals surface area contributed by atoms with E-state index in [1.54, 1.807) is 31.4 Å². The Morgan fingerprint density at radius 3 is 2.40 bits per heavy atom. The summed E-state index contributed by atoms with van der Waals surface area (Å²) in [6.45, 7) is 4.05. The highest BCUT2D eigenvalue weighted by atomic mass is 32.2. The van der Waals surface area contributed by atoms with Crippen LogP contribution in [0.4, 0.5) is 5.69 Å². The molecule has 0 amide bonds. The van der Waals surface area contributed by atoms with Crippen LogP contribution >= 0.6 is 0 Å². The van der Waals surface area contributed by atoms with Crippen LogP contribution in [-0.4, -0.2) is 35.2 Å². The predicted molar refractivity (Wildman–Crippen MR) is 81.5 cm³/mol. The Balaban J connectivity index is 2.50. The number of hydrogen-bond acceptors (Lipinski definition) is 4. The second-order valence-electron chi connectivity index (χ2n) is 4.55. The van der Waals surface area contributed by atoms with Crippen molar-refractivity contribution in [2.45, 2.75) is 31.1 Å². The third kappa shape index (κ3) is 5.90. The highest BCUT2D eigenvalue weighted by Gasteiger charge is 2.12. The lowest BCUT2D eigenvalue weighted by molar-refractivity contribution is 0.193. The molecule has 6 heteroatoms. The molecule has 0 radical (unpaired) electrons. The number of unbranched alkanes of at least 4 members (excludes halogenated alkanes) is 1. The van der Waals surface area contributed by atoms with Crippen LogP contribution < -0.4 is 10.0 Å². The van der Waals surface area contributed by atoms with Crippen LogP contribution in [0.2, 0.25) is 0 Å². The largest absolute Gasteiger partial charge is 0.385 e. The minimum atomic E-state index is -3.40. The number of nitrogens with one attached hydrogen (secondary N) is 2. The first-order chi connectivity index (χ1) is 9.60. The molecule has 0 atom stereocenters. The monoisotopic (exact) mass is 300 g/mol. The maximum atomic E-state index is 12.0. The molecule has 1 rings (SSSR count). The van der Waals surface area contributed by atoms with Crippen molar-refractivity contribution in [2.24, 2.45) is 0 Å². The van der Waals surface area contributed by atoms with E-state index in [0.717, 1.165) is 31.5 Å². The van der Waals surface area contributed by atoms with Gasteiger partial charge in [-0.05, 0) is 43.5 Å². The number of methoxy groups -OCH3 is 1. The van der Waals surface area contributed by atoms with E-state index in [9.17, 15) is 8.42 Å². The van der Waals surface area contributed by atoms with Gasteiger partial charge in [-0.1, -0.05) is 6.92 Å². The van der Waals surface area contributed by atoms with Crippen molar-refractivity contribution in [2.75, 3.05) is 32.1 Å². The predicted octanol–water partition coefficient (Wildman–Crippen LogP) is 2.21. The SMILES string of the molecule is CCCNc1ccc(S(=O)(=O)NCCCCOC)cc1. The summed E-state index contributed by atoms with van der Waals surface area (Å²) in [6, 6.07) is 6.81. The Morgan fingerprint density at radius 1 is 1.10 bits per heavy atom. The quantitative estimate of drug-likeness (QED) is 0.650. The van der Waals surface area contributed by atoms with Gasteiger partial charge in [0.15, 0.2) is 0 Å². The lowest BCUT2D eigenvalue weighted by Crippen LogP contribution is -2.25. The fourth-order valence-electron chi connectivity index (χ4n) is 1.68. The summed E-state index contributed by atoms with van der Waals surface area (Å²) >= 11 is 0. The molecular weight excluding hydrogens is 276 g/mol. The number of ether oxygens (including phenoxy) is 1. The van der Waals surface area contributed by atoms with Crippen molar-refractivity contribution < 1.29 is 13.2 Å². The van der Waals surface area contributed by atoms with Gasteiger partial charge in [0.2, 0.25) is 10.0 Å². The van der Waals surface area contributed by atoms with E-state index in [2.05, 4.69) is 17.0 Å². The third-order valence-corrected chi connectivity index (χ3v) is 4.29. The molecule has 0 saturated carbocycles. The van der Waals surface area contributed by atoms with Crippen molar-refractivity contribution in [3.63, 3.8) is 0 Å². The van der Waals surface area contributed by atoms with E-state index >= 15 is 0 Å². The zero-order chi connectivity index (χ0) is 14.8. The molecule has 2 N–H and O–H groups in total. The molecule has 0 aliphatic rings. The van der Waals surface area contributed by atoms with E-state index < -0.39 is 10.0 Å². The van der Waals surface area contributed by atoms with Crippen LogP contribution in [0, 0.1) is 0 Å². The summed E-state index contributed by atoms with van der Waals surface area (Å²) in [5.74, 6) is 0. The Labute approximate surface area is 121 Å². The van der Waals surface area contributed by atoms with E-state index in [1.165, 1.54) is 0 Å². The van der Waals surface area contributed by atoms with Crippen LogP contribution in [0.15, 0.2) is 29.2 Å². The highest BCUT2D eigenvalue weighted by molar-refractivity contribution is 7.89. The average molecular weight is 300 g/mol. The third-order valence-electron chi connectivity index (χ3n) is 2.81. The summed E-state index contributed by atoms with van der Waals surface area (Å²) in [5.41, 5.74) is 0.936. The Kier molecular flexibility index (Phi) is 7.58. The van der Waals surface area contributed by atoms with Gasteiger partial charge in [-0.3, -0.25) is 0 Å². The van der Waals surface area contributed by atoms with Crippen molar-refractivity contribution in [1.82, 2.24) is 4.72 Å². The molecule has 0 bridgehead atoms. The average Bonchev–Trinajstić information content (AvgIpc) is 2.45. The van der Waals surface area contributed by atoms with Crippen LogP contribution in [-0.2, 0) is 14.8 Å². The number of hydrogen-bond donors (Lipinski definition) is 2. The molecule has 0 fully saturated rings. The molecule has 20 heavy (non-hydrogen) atoms. The van der Waals surface area contributed by atoms with Crippen LogP contribution in [0.3, 0.4) is 0 Å². The van der Waals surface area contributed by atoms with E-state index in [4.69, 9.17) is 4.74 Å². The van der Waals surface area contributed by atoms with Crippen molar-refractivity contribution in [3.8, 4) is 0 Å². The van der Waals surface area contributed by atoms with Gasteiger partial charge in [-0.15, -0.1) is 0 Å². The number of sulfonamides is 1. The maximum Gasteiger partial charge on any atom is 0.240 e. The van der Waals surface area contributed by atoms with Crippen LogP contribution in [0.25, 0.3) is 0 Å². The van der Waals surface area contributed by atoms with Gasteiger partial charge < -0.3 is 10.1 Å². The standard InChI is InChI=1S/C14H24N2O3S/c1-3-10-15-13-6-8-14(9-7-13)20(17,18)16-11-4-5-12-19-2/h6-9,15-16H,3-5,10-12H2,1-2H3.